The maximum absolute atomic E-state index is 12.3. The van der Waals surface area contributed by atoms with Crippen molar-refractivity contribution >= 4 is 22.6 Å². The van der Waals surface area contributed by atoms with Crippen LogP contribution in [0.15, 0.2) is 30.5 Å². The van der Waals surface area contributed by atoms with Crippen LogP contribution >= 0.6 is 0 Å². The van der Waals surface area contributed by atoms with Crippen LogP contribution in [-0.4, -0.2) is 42.8 Å². The molecule has 0 aliphatic carbocycles. The summed E-state index contributed by atoms with van der Waals surface area (Å²) in [4.78, 5) is 14.0. The minimum Gasteiger partial charge on any atom is -0.383 e. The first-order valence-electron chi connectivity index (χ1n) is 7.76. The minimum absolute atomic E-state index is 0.0666. The molecule has 0 aliphatic rings. The van der Waals surface area contributed by atoms with Crippen LogP contribution in [0.4, 0.5) is 10.5 Å². The Morgan fingerprint density at radius 3 is 2.86 bits per heavy atom. The van der Waals surface area contributed by atoms with Gasteiger partial charge in [0.25, 0.3) is 0 Å². The summed E-state index contributed by atoms with van der Waals surface area (Å²) in [6.07, 6.45) is 4.07. The van der Waals surface area contributed by atoms with Gasteiger partial charge >= 0.3 is 6.03 Å². The van der Waals surface area contributed by atoms with E-state index < -0.39 is 0 Å². The van der Waals surface area contributed by atoms with E-state index in [9.17, 15) is 4.79 Å². The molecule has 0 radical (unpaired) electrons. The van der Waals surface area contributed by atoms with Crippen LogP contribution in [0, 0.1) is 0 Å². The summed E-state index contributed by atoms with van der Waals surface area (Å²) in [6.45, 7) is 4.29. The van der Waals surface area contributed by atoms with Gasteiger partial charge in [-0.05, 0) is 12.5 Å². The molecule has 0 saturated heterocycles. The summed E-state index contributed by atoms with van der Waals surface area (Å²) in [5.41, 5.74) is 1.95. The highest BCUT2D eigenvalue weighted by molar-refractivity contribution is 6.01. The molecule has 0 fully saturated rings. The van der Waals surface area contributed by atoms with E-state index >= 15 is 0 Å². The number of hydrogen-bond acceptors (Lipinski definition) is 2. The Balaban J connectivity index is 2.18. The number of hydrogen-bond donors (Lipinski definition) is 1. The van der Waals surface area contributed by atoms with Gasteiger partial charge in [0.2, 0.25) is 0 Å². The van der Waals surface area contributed by atoms with Crippen molar-refractivity contribution in [3.63, 3.8) is 0 Å². The second-order valence-corrected chi connectivity index (χ2v) is 5.45. The highest BCUT2D eigenvalue weighted by Gasteiger charge is 2.13. The van der Waals surface area contributed by atoms with Gasteiger partial charge in [-0.15, -0.1) is 0 Å². The van der Waals surface area contributed by atoms with Gasteiger partial charge < -0.3 is 19.5 Å². The smallest absolute Gasteiger partial charge is 0.321 e. The van der Waals surface area contributed by atoms with Crippen LogP contribution in [0.1, 0.15) is 19.8 Å². The summed E-state index contributed by atoms with van der Waals surface area (Å²) >= 11 is 0. The number of anilines is 1. The summed E-state index contributed by atoms with van der Waals surface area (Å²) in [7, 11) is 3.52. The van der Waals surface area contributed by atoms with E-state index in [4.69, 9.17) is 4.74 Å². The standard InChI is InChI=1S/C17H25N3O2/c1-4-5-10-19(2)17(21)18-15-13-20(11-12-22-3)16-9-7-6-8-14(15)16/h6-9,13H,4-5,10-12H2,1-3H3,(H,18,21). The molecule has 1 aromatic carbocycles. The second-order valence-electron chi connectivity index (χ2n) is 5.45. The molecule has 0 saturated carbocycles. The predicted molar refractivity (Wildman–Crippen MR) is 90.4 cm³/mol. The predicted octanol–water partition coefficient (Wildman–Crippen LogP) is 3.55. The van der Waals surface area contributed by atoms with Crippen LogP contribution in [0.5, 0.6) is 0 Å². The molecule has 0 atom stereocenters. The molecule has 120 valence electrons. The van der Waals surface area contributed by atoms with Gasteiger partial charge in [0, 0.05) is 38.8 Å². The number of nitrogens with zero attached hydrogens (tertiary/aromatic N) is 2. The Kier molecular flexibility index (Phi) is 5.83. The fraction of sp³-hybridized carbons (Fsp3) is 0.471. The number of amides is 2. The quantitative estimate of drug-likeness (QED) is 0.850. The summed E-state index contributed by atoms with van der Waals surface area (Å²) in [5, 5.41) is 4.07. The van der Waals surface area contributed by atoms with E-state index in [0.29, 0.717) is 6.61 Å². The lowest BCUT2D eigenvalue weighted by Gasteiger charge is -2.17. The molecule has 0 bridgehead atoms. The molecule has 0 spiro atoms. The number of para-hydroxylation sites is 1. The third-order valence-electron chi connectivity index (χ3n) is 3.76. The number of rotatable bonds is 7. The lowest BCUT2D eigenvalue weighted by molar-refractivity contribution is 0.188. The third-order valence-corrected chi connectivity index (χ3v) is 3.76. The molecule has 1 heterocycles. The first-order chi connectivity index (χ1) is 10.7. The van der Waals surface area contributed by atoms with E-state index in [-0.39, 0.29) is 6.03 Å². The van der Waals surface area contributed by atoms with Crippen LogP contribution in [0.2, 0.25) is 0 Å². The lowest BCUT2D eigenvalue weighted by atomic mass is 10.2. The fourth-order valence-corrected chi connectivity index (χ4v) is 2.43. The van der Waals surface area contributed by atoms with Crippen LogP contribution in [-0.2, 0) is 11.3 Å². The molecule has 2 amide bonds. The van der Waals surface area contributed by atoms with Crippen LogP contribution < -0.4 is 5.32 Å². The molecular weight excluding hydrogens is 278 g/mol. The van der Waals surface area contributed by atoms with E-state index in [1.54, 1.807) is 12.0 Å². The van der Waals surface area contributed by atoms with Crippen molar-refractivity contribution in [1.82, 2.24) is 9.47 Å². The minimum atomic E-state index is -0.0666. The van der Waals surface area contributed by atoms with Gasteiger partial charge in [-0.3, -0.25) is 0 Å². The maximum atomic E-state index is 12.3. The van der Waals surface area contributed by atoms with Crippen molar-refractivity contribution in [3.05, 3.63) is 30.5 Å². The number of fused-ring (bicyclic) bond motifs is 1. The van der Waals surface area contributed by atoms with Gasteiger partial charge in [-0.2, -0.15) is 0 Å². The molecule has 2 aromatic rings. The average molecular weight is 303 g/mol. The van der Waals surface area contributed by atoms with E-state index in [2.05, 4.69) is 22.9 Å². The van der Waals surface area contributed by atoms with E-state index in [1.165, 1.54) is 0 Å². The van der Waals surface area contributed by atoms with Crippen molar-refractivity contribution < 1.29 is 9.53 Å². The Labute approximate surface area is 131 Å². The zero-order valence-corrected chi connectivity index (χ0v) is 13.6. The molecule has 5 heteroatoms. The maximum Gasteiger partial charge on any atom is 0.321 e. The Morgan fingerprint density at radius 1 is 1.36 bits per heavy atom. The van der Waals surface area contributed by atoms with Crippen molar-refractivity contribution in [2.75, 3.05) is 32.6 Å². The van der Waals surface area contributed by atoms with Gasteiger partial charge in [-0.1, -0.05) is 31.5 Å². The first-order valence-corrected chi connectivity index (χ1v) is 7.76. The molecule has 0 unspecified atom stereocenters. The Morgan fingerprint density at radius 2 is 2.14 bits per heavy atom. The number of ether oxygens (including phenoxy) is 1. The first kappa shape index (κ1) is 16.4. The summed E-state index contributed by atoms with van der Waals surface area (Å²) in [6, 6.07) is 8.01. The lowest BCUT2D eigenvalue weighted by Crippen LogP contribution is -2.32. The van der Waals surface area contributed by atoms with Gasteiger partial charge in [0.05, 0.1) is 17.8 Å². The van der Waals surface area contributed by atoms with Gasteiger partial charge in [0.15, 0.2) is 0 Å². The average Bonchev–Trinajstić information content (AvgIpc) is 2.88. The van der Waals surface area contributed by atoms with Gasteiger partial charge in [0.1, 0.15) is 0 Å². The Bertz CT molecular complexity index is 621. The van der Waals surface area contributed by atoms with E-state index in [0.717, 1.165) is 42.5 Å². The fourth-order valence-electron chi connectivity index (χ4n) is 2.43. The Hall–Kier alpha value is -2.01. The number of methoxy groups -OCH3 is 1. The van der Waals surface area contributed by atoms with E-state index in [1.807, 2.05) is 31.4 Å². The zero-order chi connectivity index (χ0) is 15.9. The van der Waals surface area contributed by atoms with Gasteiger partial charge in [-0.25, -0.2) is 4.79 Å². The number of carbonyl (C=O) groups is 1. The number of nitrogens with one attached hydrogen (secondary N) is 1. The molecule has 1 aromatic heterocycles. The van der Waals surface area contributed by atoms with Crippen molar-refractivity contribution in [1.29, 1.82) is 0 Å². The highest BCUT2D eigenvalue weighted by Crippen LogP contribution is 2.26. The number of benzene rings is 1. The SMILES string of the molecule is CCCCN(C)C(=O)Nc1cn(CCOC)c2ccccc12. The molecule has 1 N–H and O–H groups in total. The van der Waals surface area contributed by atoms with Crippen LogP contribution in [0.25, 0.3) is 10.9 Å². The second kappa shape index (κ2) is 7.84. The molecule has 2 rings (SSSR count). The highest BCUT2D eigenvalue weighted by atomic mass is 16.5. The normalized spacial score (nSPS) is 10.9. The molecular formula is C17H25N3O2. The van der Waals surface area contributed by atoms with Crippen LogP contribution in [0.3, 0.4) is 0 Å². The number of carbonyl (C=O) groups excluding carboxylic acids is 1. The zero-order valence-electron chi connectivity index (χ0n) is 13.6. The third kappa shape index (κ3) is 3.80. The number of aromatic nitrogens is 1. The van der Waals surface area contributed by atoms with Crippen molar-refractivity contribution in [3.8, 4) is 0 Å². The summed E-state index contributed by atoms with van der Waals surface area (Å²) in [5.74, 6) is 0. The van der Waals surface area contributed by atoms with Crippen molar-refractivity contribution in [2.24, 2.45) is 0 Å². The largest absolute Gasteiger partial charge is 0.383 e. The molecule has 0 aliphatic heterocycles. The molecule has 22 heavy (non-hydrogen) atoms. The topological polar surface area (TPSA) is 46.5 Å². The monoisotopic (exact) mass is 303 g/mol. The van der Waals surface area contributed by atoms with Crippen molar-refractivity contribution in [2.45, 2.75) is 26.3 Å². The number of unbranched alkanes of at least 4 members (excludes halogenated alkanes) is 1. The summed E-state index contributed by atoms with van der Waals surface area (Å²) < 4.78 is 7.26. The number of urea groups is 1. The molecule has 5 nitrogen and oxygen atoms in total.